The fourth-order valence-electron chi connectivity index (χ4n) is 1.60. The average molecular weight is 232 g/mol. The molecule has 0 aliphatic carbocycles. The number of hydrogen-bond donors (Lipinski definition) is 0. The molecule has 4 heteroatoms. The minimum atomic E-state index is 0.470. The van der Waals surface area contributed by atoms with Gasteiger partial charge in [-0.3, -0.25) is 0 Å². The topological polar surface area (TPSA) is 43.2 Å². The molecule has 0 saturated heterocycles. The number of rotatable bonds is 6. The molecular weight excluding hydrogens is 212 g/mol. The van der Waals surface area contributed by atoms with E-state index >= 15 is 0 Å². The number of pyridine rings is 1. The van der Waals surface area contributed by atoms with Gasteiger partial charge in [-0.15, -0.1) is 0 Å². The van der Waals surface area contributed by atoms with Crippen LogP contribution in [0.5, 0.6) is 0 Å². The number of aromatic nitrogens is 1. The van der Waals surface area contributed by atoms with Gasteiger partial charge in [0.1, 0.15) is 11.8 Å². The molecule has 0 bridgehead atoms. The number of nitriles is 1. The first-order valence-electron chi connectivity index (χ1n) is 5.93. The van der Waals surface area contributed by atoms with Gasteiger partial charge in [-0.25, -0.2) is 4.98 Å². The minimum Gasteiger partial charge on any atom is -0.369 e. The molecule has 0 aromatic carbocycles. The summed E-state index contributed by atoms with van der Waals surface area (Å²) in [7, 11) is 4.14. The molecule has 0 aliphatic heterocycles. The van der Waals surface area contributed by atoms with Crippen molar-refractivity contribution in [3.05, 3.63) is 24.0 Å². The zero-order valence-corrected chi connectivity index (χ0v) is 10.8. The summed E-state index contributed by atoms with van der Waals surface area (Å²) in [5.41, 5.74) is 1.56. The summed E-state index contributed by atoms with van der Waals surface area (Å²) in [4.78, 5) is 8.58. The molecule has 0 saturated carbocycles. The number of hydrogen-bond acceptors (Lipinski definition) is 4. The summed E-state index contributed by atoms with van der Waals surface area (Å²) in [5, 5.41) is 8.71. The summed E-state index contributed by atoms with van der Waals surface area (Å²) in [6, 6.07) is 5.78. The van der Waals surface area contributed by atoms with E-state index in [0.29, 0.717) is 5.69 Å². The lowest BCUT2D eigenvalue weighted by molar-refractivity contribution is 0.413. The van der Waals surface area contributed by atoms with Crippen LogP contribution in [0.4, 0.5) is 5.69 Å². The third-order valence-electron chi connectivity index (χ3n) is 2.54. The zero-order chi connectivity index (χ0) is 12.7. The zero-order valence-electron chi connectivity index (χ0n) is 10.8. The Bertz CT molecular complexity index is 364. The maximum Gasteiger partial charge on any atom is 0.140 e. The molecule has 0 aliphatic rings. The lowest BCUT2D eigenvalue weighted by Gasteiger charge is -2.25. The largest absolute Gasteiger partial charge is 0.369 e. The van der Waals surface area contributed by atoms with Crippen molar-refractivity contribution in [3.8, 4) is 6.07 Å². The molecule has 1 aromatic rings. The van der Waals surface area contributed by atoms with Crippen molar-refractivity contribution in [1.29, 1.82) is 5.26 Å². The second-order valence-corrected chi connectivity index (χ2v) is 4.30. The predicted octanol–water partition coefficient (Wildman–Crippen LogP) is 1.73. The summed E-state index contributed by atoms with van der Waals surface area (Å²) in [6.07, 6.45) is 2.89. The molecule has 0 spiro atoms. The van der Waals surface area contributed by atoms with Crippen molar-refractivity contribution in [2.45, 2.75) is 13.3 Å². The Hall–Kier alpha value is -1.60. The molecule has 92 valence electrons. The van der Waals surface area contributed by atoms with Gasteiger partial charge in [0.05, 0.1) is 11.9 Å². The van der Waals surface area contributed by atoms with Crippen LogP contribution in [0, 0.1) is 11.3 Å². The van der Waals surface area contributed by atoms with Crippen LogP contribution < -0.4 is 4.90 Å². The molecule has 0 amide bonds. The smallest absolute Gasteiger partial charge is 0.140 e. The first-order chi connectivity index (χ1) is 8.17. The maximum absolute atomic E-state index is 8.71. The van der Waals surface area contributed by atoms with E-state index in [1.807, 2.05) is 12.1 Å². The first-order valence-corrected chi connectivity index (χ1v) is 5.93. The highest BCUT2D eigenvalue weighted by atomic mass is 15.2. The lowest BCUT2D eigenvalue weighted by Crippen LogP contribution is -2.32. The van der Waals surface area contributed by atoms with E-state index in [-0.39, 0.29) is 0 Å². The Morgan fingerprint density at radius 1 is 1.24 bits per heavy atom. The van der Waals surface area contributed by atoms with E-state index in [1.165, 1.54) is 0 Å². The minimum absolute atomic E-state index is 0.470. The molecule has 0 fully saturated rings. The molecule has 0 radical (unpaired) electrons. The Morgan fingerprint density at radius 2 is 2.00 bits per heavy atom. The van der Waals surface area contributed by atoms with E-state index in [4.69, 9.17) is 5.26 Å². The lowest BCUT2D eigenvalue weighted by atomic mass is 10.3. The molecule has 17 heavy (non-hydrogen) atoms. The molecule has 1 aromatic heterocycles. The summed E-state index contributed by atoms with van der Waals surface area (Å²) >= 11 is 0. The van der Waals surface area contributed by atoms with E-state index < -0.39 is 0 Å². The van der Waals surface area contributed by atoms with Crippen molar-refractivity contribution in [2.75, 3.05) is 38.6 Å². The van der Waals surface area contributed by atoms with Crippen LogP contribution in [-0.2, 0) is 0 Å². The molecule has 0 atom stereocenters. The van der Waals surface area contributed by atoms with E-state index in [0.717, 1.165) is 31.7 Å². The van der Waals surface area contributed by atoms with Gasteiger partial charge in [-0.05, 0) is 32.6 Å². The summed E-state index contributed by atoms with van der Waals surface area (Å²) < 4.78 is 0. The molecule has 1 rings (SSSR count). The molecule has 1 heterocycles. The fraction of sp³-hybridized carbons (Fsp3) is 0.538. The predicted molar refractivity (Wildman–Crippen MR) is 70.0 cm³/mol. The van der Waals surface area contributed by atoms with Crippen LogP contribution in [-0.4, -0.2) is 43.6 Å². The van der Waals surface area contributed by atoms with E-state index in [9.17, 15) is 0 Å². The van der Waals surface area contributed by atoms with E-state index in [1.54, 1.807) is 12.3 Å². The highest BCUT2D eigenvalue weighted by molar-refractivity contribution is 5.45. The van der Waals surface area contributed by atoms with Gasteiger partial charge < -0.3 is 9.80 Å². The Kier molecular flexibility index (Phi) is 5.44. The standard InChI is InChI=1S/C13H20N4/c1-4-7-17(9-8-16(2)3)13-6-5-12(10-14)15-11-13/h5-6,11H,4,7-9H2,1-3H3. The monoisotopic (exact) mass is 232 g/mol. The SMILES string of the molecule is CCCN(CCN(C)C)c1ccc(C#N)nc1. The van der Waals surface area contributed by atoms with Crippen LogP contribution in [0.25, 0.3) is 0 Å². The van der Waals surface area contributed by atoms with E-state index in [2.05, 4.69) is 35.8 Å². The number of likely N-dealkylation sites (N-methyl/N-ethyl adjacent to an activating group) is 1. The third-order valence-corrected chi connectivity index (χ3v) is 2.54. The van der Waals surface area contributed by atoms with Gasteiger partial charge in [0, 0.05) is 19.6 Å². The average Bonchev–Trinajstić information content (AvgIpc) is 2.34. The first kappa shape index (κ1) is 13.5. The van der Waals surface area contributed by atoms with Gasteiger partial charge in [0.15, 0.2) is 0 Å². The second-order valence-electron chi connectivity index (χ2n) is 4.30. The maximum atomic E-state index is 8.71. The van der Waals surface area contributed by atoms with Gasteiger partial charge >= 0.3 is 0 Å². The Balaban J connectivity index is 2.71. The highest BCUT2D eigenvalue weighted by Gasteiger charge is 2.06. The van der Waals surface area contributed by atoms with Crippen LogP contribution >= 0.6 is 0 Å². The van der Waals surface area contributed by atoms with Crippen molar-refractivity contribution in [1.82, 2.24) is 9.88 Å². The van der Waals surface area contributed by atoms with Gasteiger partial charge in [-0.1, -0.05) is 6.92 Å². The number of nitrogens with zero attached hydrogens (tertiary/aromatic N) is 4. The number of anilines is 1. The van der Waals surface area contributed by atoms with Gasteiger partial charge in [0.25, 0.3) is 0 Å². The van der Waals surface area contributed by atoms with Crippen molar-refractivity contribution < 1.29 is 0 Å². The van der Waals surface area contributed by atoms with Gasteiger partial charge in [0.2, 0.25) is 0 Å². The van der Waals surface area contributed by atoms with Crippen LogP contribution in [0.15, 0.2) is 18.3 Å². The Morgan fingerprint density at radius 3 is 2.47 bits per heavy atom. The second kappa shape index (κ2) is 6.87. The molecule has 0 unspecified atom stereocenters. The summed E-state index contributed by atoms with van der Waals surface area (Å²) in [6.45, 7) is 5.18. The highest BCUT2D eigenvalue weighted by Crippen LogP contribution is 2.13. The van der Waals surface area contributed by atoms with Crippen LogP contribution in [0.3, 0.4) is 0 Å². The Labute approximate surface area is 103 Å². The van der Waals surface area contributed by atoms with Crippen molar-refractivity contribution in [3.63, 3.8) is 0 Å². The quantitative estimate of drug-likeness (QED) is 0.749. The molecule has 4 nitrogen and oxygen atoms in total. The van der Waals surface area contributed by atoms with Crippen LogP contribution in [0.2, 0.25) is 0 Å². The summed E-state index contributed by atoms with van der Waals surface area (Å²) in [5.74, 6) is 0. The fourth-order valence-corrected chi connectivity index (χ4v) is 1.60. The molecular formula is C13H20N4. The molecule has 0 N–H and O–H groups in total. The van der Waals surface area contributed by atoms with Crippen LogP contribution in [0.1, 0.15) is 19.0 Å². The van der Waals surface area contributed by atoms with Crippen molar-refractivity contribution >= 4 is 5.69 Å². The normalized spacial score (nSPS) is 10.3. The van der Waals surface area contributed by atoms with Crippen molar-refractivity contribution in [2.24, 2.45) is 0 Å². The third kappa shape index (κ3) is 4.41. The van der Waals surface area contributed by atoms with Gasteiger partial charge in [-0.2, -0.15) is 5.26 Å².